The molecule has 1 aromatic heterocycles. The lowest BCUT2D eigenvalue weighted by Gasteiger charge is -2.05. The van der Waals surface area contributed by atoms with Crippen LogP contribution in [0, 0.1) is 11.3 Å². The van der Waals surface area contributed by atoms with E-state index >= 15 is 0 Å². The van der Waals surface area contributed by atoms with Gasteiger partial charge in [-0.1, -0.05) is 0 Å². The fraction of sp³-hybridized carbons (Fsp3) is 0.0769. The Hall–Kier alpha value is -2.26. The number of halogens is 1. The van der Waals surface area contributed by atoms with Gasteiger partial charge in [-0.3, -0.25) is 4.79 Å². The summed E-state index contributed by atoms with van der Waals surface area (Å²) < 4.78 is 5.93. The first kappa shape index (κ1) is 13.2. The lowest BCUT2D eigenvalue weighted by Crippen LogP contribution is -2.12. The first-order valence-corrected chi connectivity index (χ1v) is 6.23. The van der Waals surface area contributed by atoms with Crippen LogP contribution in [-0.2, 0) is 0 Å². The van der Waals surface area contributed by atoms with Gasteiger partial charge in [-0.05, 0) is 46.3 Å². The predicted molar refractivity (Wildman–Crippen MR) is 74.0 cm³/mol. The summed E-state index contributed by atoms with van der Waals surface area (Å²) in [5, 5.41) is 11.1. The van der Waals surface area contributed by atoms with Crippen molar-refractivity contribution >= 4 is 27.5 Å². The van der Waals surface area contributed by atoms with Crippen molar-refractivity contribution < 1.29 is 9.53 Å². The van der Waals surface area contributed by atoms with E-state index in [1.54, 1.807) is 36.5 Å². The molecular weight excluding hydrogens is 310 g/mol. The molecule has 0 aliphatic rings. The summed E-state index contributed by atoms with van der Waals surface area (Å²) in [5.74, 6) is 0.360. The molecule has 0 aliphatic heterocycles. The molecule has 5 nitrogen and oxygen atoms in total. The number of rotatable bonds is 4. The Balaban J connectivity index is 2.00. The molecule has 2 N–H and O–H groups in total. The zero-order valence-corrected chi connectivity index (χ0v) is 11.4. The molecule has 2 rings (SSSR count). The number of amides is 1. The van der Waals surface area contributed by atoms with Crippen LogP contribution in [0.15, 0.2) is 41.0 Å². The van der Waals surface area contributed by atoms with Crippen molar-refractivity contribution in [2.24, 2.45) is 0 Å². The molecule has 1 heterocycles. The molecule has 6 heteroatoms. The second-order valence-electron chi connectivity index (χ2n) is 3.66. The number of ether oxygens (including phenoxy) is 1. The lowest BCUT2D eigenvalue weighted by atomic mass is 10.3. The van der Waals surface area contributed by atoms with Crippen molar-refractivity contribution in [2.45, 2.75) is 0 Å². The number of carbonyl (C=O) groups is 1. The van der Waals surface area contributed by atoms with Crippen molar-refractivity contribution in [1.29, 1.82) is 5.26 Å². The fourth-order valence-corrected chi connectivity index (χ4v) is 1.79. The molecule has 0 atom stereocenters. The van der Waals surface area contributed by atoms with Crippen LogP contribution in [0.2, 0.25) is 0 Å². The van der Waals surface area contributed by atoms with Crippen LogP contribution in [0.4, 0.5) is 5.69 Å². The first-order chi connectivity index (χ1) is 9.19. The average Bonchev–Trinajstić information content (AvgIpc) is 2.85. The van der Waals surface area contributed by atoms with Crippen molar-refractivity contribution in [3.8, 4) is 11.8 Å². The van der Waals surface area contributed by atoms with E-state index in [1.165, 1.54) is 0 Å². The van der Waals surface area contributed by atoms with Crippen LogP contribution in [-0.4, -0.2) is 17.5 Å². The molecule has 96 valence electrons. The minimum atomic E-state index is -0.226. The van der Waals surface area contributed by atoms with Crippen LogP contribution >= 0.6 is 15.9 Å². The van der Waals surface area contributed by atoms with E-state index < -0.39 is 0 Å². The number of nitrogens with one attached hydrogen (secondary N) is 2. The summed E-state index contributed by atoms with van der Waals surface area (Å²) in [6.45, 7) is 0.00219. The second kappa shape index (κ2) is 6.07. The minimum Gasteiger partial charge on any atom is -0.479 e. The van der Waals surface area contributed by atoms with Gasteiger partial charge in [0.25, 0.3) is 5.91 Å². The molecule has 0 saturated heterocycles. The highest BCUT2D eigenvalue weighted by Gasteiger charge is 2.08. The Bertz CT molecular complexity index is 614. The van der Waals surface area contributed by atoms with Crippen LogP contribution in [0.25, 0.3) is 0 Å². The maximum Gasteiger partial charge on any atom is 0.272 e. The Kier molecular flexibility index (Phi) is 4.21. The number of nitriles is 1. The van der Waals surface area contributed by atoms with Crippen LogP contribution in [0.5, 0.6) is 5.75 Å². The van der Waals surface area contributed by atoms with Gasteiger partial charge in [0.2, 0.25) is 0 Å². The summed E-state index contributed by atoms with van der Waals surface area (Å²) in [7, 11) is 0. The molecule has 0 fully saturated rings. The monoisotopic (exact) mass is 319 g/mol. The Morgan fingerprint density at radius 3 is 2.74 bits per heavy atom. The van der Waals surface area contributed by atoms with E-state index in [1.807, 2.05) is 6.07 Å². The highest BCUT2D eigenvalue weighted by Crippen LogP contribution is 2.17. The molecule has 19 heavy (non-hydrogen) atoms. The molecule has 0 spiro atoms. The molecule has 0 saturated carbocycles. The maximum atomic E-state index is 11.8. The van der Waals surface area contributed by atoms with E-state index in [0.717, 1.165) is 4.47 Å². The third kappa shape index (κ3) is 3.60. The van der Waals surface area contributed by atoms with Crippen molar-refractivity contribution in [1.82, 2.24) is 4.98 Å². The smallest absolute Gasteiger partial charge is 0.272 e. The third-order valence-corrected chi connectivity index (χ3v) is 2.77. The Morgan fingerprint density at radius 1 is 1.42 bits per heavy atom. The van der Waals surface area contributed by atoms with Gasteiger partial charge < -0.3 is 15.0 Å². The zero-order valence-electron chi connectivity index (χ0n) is 9.81. The number of carbonyl (C=O) groups excluding carboxylic acids is 1. The van der Waals surface area contributed by atoms with E-state index in [-0.39, 0.29) is 12.5 Å². The van der Waals surface area contributed by atoms with E-state index in [0.29, 0.717) is 17.1 Å². The number of aromatic nitrogens is 1. The van der Waals surface area contributed by atoms with Gasteiger partial charge in [-0.2, -0.15) is 5.26 Å². The average molecular weight is 320 g/mol. The number of aromatic amines is 1. The van der Waals surface area contributed by atoms with E-state index in [2.05, 4.69) is 26.2 Å². The normalized spacial score (nSPS) is 9.68. The summed E-state index contributed by atoms with van der Waals surface area (Å²) in [5.41, 5.74) is 1.12. The maximum absolute atomic E-state index is 11.8. The van der Waals surface area contributed by atoms with Crippen molar-refractivity contribution in [2.75, 3.05) is 11.9 Å². The van der Waals surface area contributed by atoms with Crippen molar-refractivity contribution in [3.05, 3.63) is 46.7 Å². The molecule has 0 unspecified atom stereocenters. The highest BCUT2D eigenvalue weighted by molar-refractivity contribution is 9.10. The minimum absolute atomic E-state index is 0.00219. The summed E-state index contributed by atoms with van der Waals surface area (Å²) >= 11 is 3.27. The number of hydrogen-bond acceptors (Lipinski definition) is 3. The summed E-state index contributed by atoms with van der Waals surface area (Å²) in [4.78, 5) is 14.7. The number of H-pyrrole nitrogens is 1. The zero-order chi connectivity index (χ0) is 13.7. The third-order valence-electron chi connectivity index (χ3n) is 2.31. The number of benzene rings is 1. The van der Waals surface area contributed by atoms with E-state index in [4.69, 9.17) is 10.00 Å². The topological polar surface area (TPSA) is 77.9 Å². The van der Waals surface area contributed by atoms with Gasteiger partial charge in [-0.15, -0.1) is 0 Å². The van der Waals surface area contributed by atoms with Gasteiger partial charge in [0.05, 0.1) is 0 Å². The van der Waals surface area contributed by atoms with E-state index in [9.17, 15) is 4.79 Å². The quantitative estimate of drug-likeness (QED) is 0.909. The second-order valence-corrected chi connectivity index (χ2v) is 4.57. The largest absolute Gasteiger partial charge is 0.479 e. The van der Waals surface area contributed by atoms with Gasteiger partial charge >= 0.3 is 0 Å². The van der Waals surface area contributed by atoms with Gasteiger partial charge in [-0.25, -0.2) is 0 Å². The van der Waals surface area contributed by atoms with Crippen LogP contribution < -0.4 is 10.1 Å². The molecule has 1 amide bonds. The standard InChI is InChI=1S/C13H10BrN3O2/c14-9-7-12(16-8-9)13(18)17-10-1-3-11(4-2-10)19-6-5-15/h1-4,7-8,16H,6H2,(H,17,18). The van der Waals surface area contributed by atoms with Crippen LogP contribution in [0.1, 0.15) is 10.5 Å². The Labute approximate surface area is 118 Å². The number of hydrogen-bond donors (Lipinski definition) is 2. The molecule has 0 aliphatic carbocycles. The van der Waals surface area contributed by atoms with Crippen LogP contribution in [0.3, 0.4) is 0 Å². The lowest BCUT2D eigenvalue weighted by molar-refractivity contribution is 0.102. The van der Waals surface area contributed by atoms with Gasteiger partial charge in [0.1, 0.15) is 17.5 Å². The SMILES string of the molecule is N#CCOc1ccc(NC(=O)c2cc(Br)c[nH]2)cc1. The molecule has 0 radical (unpaired) electrons. The Morgan fingerprint density at radius 2 is 2.16 bits per heavy atom. The molecule has 1 aromatic carbocycles. The highest BCUT2D eigenvalue weighted by atomic mass is 79.9. The first-order valence-electron chi connectivity index (χ1n) is 5.44. The molecular formula is C13H10BrN3O2. The summed E-state index contributed by atoms with van der Waals surface area (Å²) in [6, 6.07) is 10.4. The van der Waals surface area contributed by atoms with Crippen molar-refractivity contribution in [3.63, 3.8) is 0 Å². The predicted octanol–water partition coefficient (Wildman–Crippen LogP) is 2.93. The summed E-state index contributed by atoms with van der Waals surface area (Å²) in [6.07, 6.45) is 1.69. The van der Waals surface area contributed by atoms with Gasteiger partial charge in [0, 0.05) is 16.4 Å². The fourth-order valence-electron chi connectivity index (χ4n) is 1.45. The molecule has 2 aromatic rings. The number of nitrogens with zero attached hydrogens (tertiary/aromatic N) is 1. The number of anilines is 1. The van der Waals surface area contributed by atoms with Gasteiger partial charge in [0.15, 0.2) is 6.61 Å². The molecule has 0 bridgehead atoms.